The standard InChI is InChI=1S/C20H20Cl2N4O4/c1-24(16-4-6-17(7-5-16)26(29)30)19(27)12-25-8-2-3-18(25)20(28)23-15-10-13(21)9-14(22)11-15/h4-7,9-11,18H,2-3,8,12H2,1H3,(H,23,28). The van der Waals surface area contributed by atoms with Crippen LogP contribution >= 0.6 is 23.2 Å². The lowest BCUT2D eigenvalue weighted by Gasteiger charge is -2.26. The molecule has 30 heavy (non-hydrogen) atoms. The maximum absolute atomic E-state index is 12.7. The van der Waals surface area contributed by atoms with E-state index in [0.29, 0.717) is 34.4 Å². The number of halogens is 2. The van der Waals surface area contributed by atoms with Crippen LogP contribution in [0.15, 0.2) is 42.5 Å². The first-order valence-corrected chi connectivity index (χ1v) is 10.0. The topological polar surface area (TPSA) is 95.8 Å². The highest BCUT2D eigenvalue weighted by Crippen LogP contribution is 2.25. The number of anilines is 2. The molecule has 0 saturated carbocycles. The van der Waals surface area contributed by atoms with Gasteiger partial charge < -0.3 is 10.2 Å². The van der Waals surface area contributed by atoms with Crippen LogP contribution in [0.25, 0.3) is 0 Å². The van der Waals surface area contributed by atoms with Crippen LogP contribution in [0.4, 0.5) is 17.1 Å². The molecule has 1 heterocycles. The van der Waals surface area contributed by atoms with Gasteiger partial charge in [0.05, 0.1) is 17.5 Å². The summed E-state index contributed by atoms with van der Waals surface area (Å²) in [4.78, 5) is 39.0. The van der Waals surface area contributed by atoms with Crippen LogP contribution in [-0.2, 0) is 9.59 Å². The van der Waals surface area contributed by atoms with Gasteiger partial charge in [0.15, 0.2) is 0 Å². The Morgan fingerprint density at radius 1 is 1.20 bits per heavy atom. The van der Waals surface area contributed by atoms with E-state index in [1.54, 1.807) is 25.2 Å². The number of hydrogen-bond acceptors (Lipinski definition) is 5. The van der Waals surface area contributed by atoms with Crippen molar-refractivity contribution in [2.75, 3.05) is 30.4 Å². The third kappa shape index (κ3) is 5.27. The van der Waals surface area contributed by atoms with Gasteiger partial charge in [0, 0.05) is 40.6 Å². The predicted octanol–water partition coefficient (Wildman–Crippen LogP) is 3.97. The van der Waals surface area contributed by atoms with Gasteiger partial charge in [-0.25, -0.2) is 0 Å². The molecule has 10 heteroatoms. The van der Waals surface area contributed by atoms with Crippen molar-refractivity contribution in [2.24, 2.45) is 0 Å². The summed E-state index contributed by atoms with van der Waals surface area (Å²) in [5, 5.41) is 14.4. The van der Waals surface area contributed by atoms with E-state index in [4.69, 9.17) is 23.2 Å². The SMILES string of the molecule is CN(C(=O)CN1CCCC1C(=O)Nc1cc(Cl)cc(Cl)c1)c1ccc([N+](=O)[O-])cc1. The maximum atomic E-state index is 12.7. The van der Waals surface area contributed by atoms with Crippen molar-refractivity contribution in [1.82, 2.24) is 4.90 Å². The van der Waals surface area contributed by atoms with Crippen LogP contribution in [-0.4, -0.2) is 47.8 Å². The smallest absolute Gasteiger partial charge is 0.269 e. The average Bonchev–Trinajstić information content (AvgIpc) is 3.14. The molecule has 0 radical (unpaired) electrons. The van der Waals surface area contributed by atoms with E-state index in [1.807, 2.05) is 4.90 Å². The van der Waals surface area contributed by atoms with Gasteiger partial charge in [-0.2, -0.15) is 0 Å². The third-order valence-corrected chi connectivity index (χ3v) is 5.39. The van der Waals surface area contributed by atoms with E-state index in [-0.39, 0.29) is 24.0 Å². The zero-order valence-corrected chi connectivity index (χ0v) is 17.7. The molecular formula is C20H20Cl2N4O4. The molecule has 2 aromatic carbocycles. The van der Waals surface area contributed by atoms with E-state index >= 15 is 0 Å². The normalized spacial score (nSPS) is 16.3. The van der Waals surface area contributed by atoms with Crippen LogP contribution in [0.3, 0.4) is 0 Å². The van der Waals surface area contributed by atoms with Crippen LogP contribution in [0.5, 0.6) is 0 Å². The van der Waals surface area contributed by atoms with Crippen LogP contribution < -0.4 is 10.2 Å². The highest BCUT2D eigenvalue weighted by atomic mass is 35.5. The molecule has 1 saturated heterocycles. The Hall–Kier alpha value is -2.68. The molecule has 3 rings (SSSR count). The van der Waals surface area contributed by atoms with Gasteiger partial charge in [-0.05, 0) is 49.7 Å². The summed E-state index contributed by atoms with van der Waals surface area (Å²) < 4.78 is 0. The average molecular weight is 451 g/mol. The number of carbonyl (C=O) groups excluding carboxylic acids is 2. The third-order valence-electron chi connectivity index (χ3n) is 4.96. The fourth-order valence-corrected chi connectivity index (χ4v) is 3.91. The molecule has 2 aromatic rings. The molecule has 2 amide bonds. The lowest BCUT2D eigenvalue weighted by atomic mass is 10.2. The molecule has 158 valence electrons. The molecule has 0 aliphatic carbocycles. The van der Waals surface area contributed by atoms with Crippen molar-refractivity contribution >= 4 is 52.1 Å². The molecule has 0 bridgehead atoms. The number of benzene rings is 2. The van der Waals surface area contributed by atoms with E-state index in [9.17, 15) is 19.7 Å². The minimum Gasteiger partial charge on any atom is -0.325 e. The molecule has 1 atom stereocenters. The molecule has 1 aliphatic heterocycles. The zero-order chi connectivity index (χ0) is 21.8. The summed E-state index contributed by atoms with van der Waals surface area (Å²) in [5.41, 5.74) is 0.995. The number of non-ortho nitro benzene ring substituents is 1. The second-order valence-corrected chi connectivity index (χ2v) is 7.88. The second-order valence-electron chi connectivity index (χ2n) is 7.00. The van der Waals surface area contributed by atoms with Crippen LogP contribution in [0, 0.1) is 10.1 Å². The number of nitrogens with zero attached hydrogens (tertiary/aromatic N) is 3. The Morgan fingerprint density at radius 2 is 1.83 bits per heavy atom. The number of rotatable bonds is 6. The Morgan fingerprint density at radius 3 is 2.43 bits per heavy atom. The minimum absolute atomic E-state index is 0.0444. The second kappa shape index (κ2) is 9.42. The highest BCUT2D eigenvalue weighted by Gasteiger charge is 2.32. The number of likely N-dealkylation sites (N-methyl/N-ethyl adjacent to an activating group) is 1. The van der Waals surface area contributed by atoms with Crippen molar-refractivity contribution in [2.45, 2.75) is 18.9 Å². The summed E-state index contributed by atoms with van der Waals surface area (Å²) in [7, 11) is 1.60. The monoisotopic (exact) mass is 450 g/mol. The van der Waals surface area contributed by atoms with Crippen molar-refractivity contribution in [3.05, 3.63) is 62.6 Å². The molecule has 0 spiro atoms. The number of nitrogens with one attached hydrogen (secondary N) is 1. The first-order valence-electron chi connectivity index (χ1n) is 9.26. The number of nitro groups is 1. The zero-order valence-electron chi connectivity index (χ0n) is 16.2. The van der Waals surface area contributed by atoms with Crippen LogP contribution in [0.1, 0.15) is 12.8 Å². The minimum atomic E-state index is -0.494. The van der Waals surface area contributed by atoms with Crippen molar-refractivity contribution in [3.63, 3.8) is 0 Å². The van der Waals surface area contributed by atoms with Gasteiger partial charge in [-0.1, -0.05) is 23.2 Å². The van der Waals surface area contributed by atoms with E-state index in [1.165, 1.54) is 29.2 Å². The lowest BCUT2D eigenvalue weighted by molar-refractivity contribution is -0.384. The largest absolute Gasteiger partial charge is 0.325 e. The van der Waals surface area contributed by atoms with Crippen molar-refractivity contribution < 1.29 is 14.5 Å². The summed E-state index contributed by atoms with van der Waals surface area (Å²) in [6.45, 7) is 0.677. The predicted molar refractivity (Wildman–Crippen MR) is 116 cm³/mol. The molecule has 8 nitrogen and oxygen atoms in total. The maximum Gasteiger partial charge on any atom is 0.269 e. The quantitative estimate of drug-likeness (QED) is 0.530. The highest BCUT2D eigenvalue weighted by molar-refractivity contribution is 6.35. The number of hydrogen-bond donors (Lipinski definition) is 1. The van der Waals surface area contributed by atoms with E-state index in [2.05, 4.69) is 5.32 Å². The molecular weight excluding hydrogens is 431 g/mol. The van der Waals surface area contributed by atoms with Gasteiger partial charge in [0.25, 0.3) is 5.69 Å². The van der Waals surface area contributed by atoms with Gasteiger partial charge >= 0.3 is 0 Å². The first kappa shape index (κ1) is 22.0. The summed E-state index contributed by atoms with van der Waals surface area (Å²) >= 11 is 12.0. The van der Waals surface area contributed by atoms with Gasteiger partial charge in [0.1, 0.15) is 0 Å². The molecule has 1 N–H and O–H groups in total. The Bertz CT molecular complexity index is 948. The summed E-state index contributed by atoms with van der Waals surface area (Å²) in [6, 6.07) is 10.1. The molecule has 1 unspecified atom stereocenters. The first-order chi connectivity index (χ1) is 14.2. The van der Waals surface area contributed by atoms with Crippen molar-refractivity contribution in [3.8, 4) is 0 Å². The number of nitro benzene ring substituents is 1. The molecule has 0 aromatic heterocycles. The number of amides is 2. The summed E-state index contributed by atoms with van der Waals surface area (Å²) in [5.74, 6) is -0.439. The number of likely N-dealkylation sites (tertiary alicyclic amines) is 1. The van der Waals surface area contributed by atoms with Gasteiger partial charge in [-0.15, -0.1) is 0 Å². The van der Waals surface area contributed by atoms with E-state index < -0.39 is 11.0 Å². The molecule has 1 aliphatic rings. The van der Waals surface area contributed by atoms with E-state index in [0.717, 1.165) is 6.42 Å². The Kier molecular flexibility index (Phi) is 6.91. The fourth-order valence-electron chi connectivity index (χ4n) is 3.39. The number of carbonyl (C=O) groups is 2. The fraction of sp³-hybridized carbons (Fsp3) is 0.300. The Labute approximate surface area is 183 Å². The Balaban J connectivity index is 1.64. The van der Waals surface area contributed by atoms with Gasteiger partial charge in [-0.3, -0.25) is 24.6 Å². The van der Waals surface area contributed by atoms with Crippen molar-refractivity contribution in [1.29, 1.82) is 0 Å². The molecule has 1 fully saturated rings. The lowest BCUT2D eigenvalue weighted by Crippen LogP contribution is -2.45. The van der Waals surface area contributed by atoms with Crippen LogP contribution in [0.2, 0.25) is 10.0 Å². The summed E-state index contributed by atoms with van der Waals surface area (Å²) in [6.07, 6.45) is 1.43. The van der Waals surface area contributed by atoms with Gasteiger partial charge in [0.2, 0.25) is 11.8 Å².